The number of halogens is 2. The third-order valence-corrected chi connectivity index (χ3v) is 3.01. The largest absolute Gasteiger partial charge is 0.352 e. The molecule has 0 radical (unpaired) electrons. The Hall–Kier alpha value is -0.690. The summed E-state index contributed by atoms with van der Waals surface area (Å²) in [5, 5.41) is 2.68. The number of nitrogens with one attached hydrogen (secondary N) is 1. The fourth-order valence-corrected chi connectivity index (χ4v) is 1.98. The second kappa shape index (κ2) is 6.80. The highest BCUT2D eigenvalue weighted by atomic mass is 127. The van der Waals surface area contributed by atoms with Gasteiger partial charge in [0.15, 0.2) is 0 Å². The first-order chi connectivity index (χ1) is 7.66. The Balaban J connectivity index is 2.59. The topological polar surface area (TPSA) is 55.1 Å². The van der Waals surface area contributed by atoms with Crippen LogP contribution in [-0.4, -0.2) is 19.0 Å². The van der Waals surface area contributed by atoms with Crippen molar-refractivity contribution in [3.8, 4) is 0 Å². The zero-order valence-corrected chi connectivity index (χ0v) is 11.0. The maximum Gasteiger partial charge on any atom is 0.255 e. The fourth-order valence-electron chi connectivity index (χ4n) is 1.27. The van der Waals surface area contributed by atoms with Crippen LogP contribution in [0.3, 0.4) is 0 Å². The van der Waals surface area contributed by atoms with Gasteiger partial charge in [-0.15, -0.1) is 0 Å². The Morgan fingerprint density at radius 1 is 1.44 bits per heavy atom. The zero-order valence-electron chi connectivity index (χ0n) is 8.80. The van der Waals surface area contributed by atoms with Gasteiger partial charge in [0.25, 0.3) is 5.91 Å². The van der Waals surface area contributed by atoms with Crippen molar-refractivity contribution in [2.24, 2.45) is 5.73 Å². The normalized spacial score (nSPS) is 10.2. The van der Waals surface area contributed by atoms with E-state index in [1.807, 2.05) is 22.6 Å². The zero-order chi connectivity index (χ0) is 12.0. The number of rotatable bonds is 5. The molecular weight excluding hydrogens is 322 g/mol. The van der Waals surface area contributed by atoms with E-state index in [0.717, 1.165) is 12.8 Å². The van der Waals surface area contributed by atoms with Gasteiger partial charge in [0, 0.05) is 10.1 Å². The molecule has 0 aromatic heterocycles. The van der Waals surface area contributed by atoms with Crippen molar-refractivity contribution in [3.05, 3.63) is 33.1 Å². The van der Waals surface area contributed by atoms with Crippen molar-refractivity contribution < 1.29 is 9.18 Å². The molecule has 1 amide bonds. The van der Waals surface area contributed by atoms with Crippen molar-refractivity contribution in [3.63, 3.8) is 0 Å². The molecule has 0 spiro atoms. The molecule has 16 heavy (non-hydrogen) atoms. The number of carbonyl (C=O) groups is 1. The van der Waals surface area contributed by atoms with Gasteiger partial charge in [0.2, 0.25) is 0 Å². The lowest BCUT2D eigenvalue weighted by Crippen LogP contribution is -2.26. The number of nitrogens with two attached hydrogens (primary N) is 1. The van der Waals surface area contributed by atoms with Gasteiger partial charge in [-0.05, 0) is 54.1 Å². The number of unbranched alkanes of at least 4 members (excludes halogenated alkanes) is 1. The standard InChI is InChI=1S/C11H14FIN2O/c12-8-4-3-5-9(13)10(8)11(16)15-7-2-1-6-14/h3-5H,1-2,6-7,14H2,(H,15,16). The summed E-state index contributed by atoms with van der Waals surface area (Å²) in [5.74, 6) is -0.845. The first-order valence-electron chi connectivity index (χ1n) is 5.09. The van der Waals surface area contributed by atoms with Gasteiger partial charge in [0.05, 0.1) is 5.56 Å². The minimum atomic E-state index is -0.483. The van der Waals surface area contributed by atoms with Gasteiger partial charge in [-0.3, -0.25) is 4.79 Å². The molecule has 0 aliphatic rings. The third-order valence-electron chi connectivity index (χ3n) is 2.11. The monoisotopic (exact) mass is 336 g/mol. The van der Waals surface area contributed by atoms with Crippen LogP contribution < -0.4 is 11.1 Å². The number of carbonyl (C=O) groups excluding carboxylic acids is 1. The van der Waals surface area contributed by atoms with E-state index in [1.54, 1.807) is 12.1 Å². The van der Waals surface area contributed by atoms with Crippen LogP contribution in [-0.2, 0) is 0 Å². The summed E-state index contributed by atoms with van der Waals surface area (Å²) < 4.78 is 14.0. The SMILES string of the molecule is NCCCCNC(=O)c1c(F)cccc1I. The van der Waals surface area contributed by atoms with Crippen LogP contribution in [0.5, 0.6) is 0 Å². The highest BCUT2D eigenvalue weighted by Crippen LogP contribution is 2.15. The van der Waals surface area contributed by atoms with Gasteiger partial charge < -0.3 is 11.1 Å². The minimum Gasteiger partial charge on any atom is -0.352 e. The highest BCUT2D eigenvalue weighted by Gasteiger charge is 2.14. The van der Waals surface area contributed by atoms with E-state index in [9.17, 15) is 9.18 Å². The van der Waals surface area contributed by atoms with E-state index in [-0.39, 0.29) is 11.5 Å². The molecule has 0 unspecified atom stereocenters. The van der Waals surface area contributed by atoms with Crippen molar-refractivity contribution >= 4 is 28.5 Å². The van der Waals surface area contributed by atoms with Gasteiger partial charge in [-0.2, -0.15) is 0 Å². The lowest BCUT2D eigenvalue weighted by molar-refractivity contribution is 0.0948. The highest BCUT2D eigenvalue weighted by molar-refractivity contribution is 14.1. The smallest absolute Gasteiger partial charge is 0.255 e. The molecule has 0 bridgehead atoms. The van der Waals surface area contributed by atoms with E-state index >= 15 is 0 Å². The summed E-state index contributed by atoms with van der Waals surface area (Å²) in [6.07, 6.45) is 1.67. The molecule has 3 N–H and O–H groups in total. The Kier molecular flexibility index (Phi) is 5.68. The van der Waals surface area contributed by atoms with Crippen LogP contribution >= 0.6 is 22.6 Å². The first-order valence-corrected chi connectivity index (χ1v) is 6.17. The lowest BCUT2D eigenvalue weighted by Gasteiger charge is -2.07. The number of hydrogen-bond acceptors (Lipinski definition) is 2. The molecule has 1 aromatic carbocycles. The second-order valence-corrected chi connectivity index (χ2v) is 4.51. The summed E-state index contributed by atoms with van der Waals surface area (Å²) in [4.78, 5) is 11.7. The van der Waals surface area contributed by atoms with Crippen molar-refractivity contribution in [2.45, 2.75) is 12.8 Å². The van der Waals surface area contributed by atoms with E-state index in [1.165, 1.54) is 6.07 Å². The molecule has 0 fully saturated rings. The molecule has 1 rings (SSSR count). The molecule has 0 heterocycles. The second-order valence-electron chi connectivity index (χ2n) is 3.35. The van der Waals surface area contributed by atoms with Gasteiger partial charge in [-0.25, -0.2) is 4.39 Å². The van der Waals surface area contributed by atoms with Crippen LogP contribution in [0.25, 0.3) is 0 Å². The number of benzene rings is 1. The van der Waals surface area contributed by atoms with Crippen molar-refractivity contribution in [1.82, 2.24) is 5.32 Å². The van der Waals surface area contributed by atoms with E-state index in [2.05, 4.69) is 5.32 Å². The Labute approximate surface area is 108 Å². The summed E-state index contributed by atoms with van der Waals surface area (Å²) in [7, 11) is 0. The molecule has 3 nitrogen and oxygen atoms in total. The number of hydrogen-bond donors (Lipinski definition) is 2. The Morgan fingerprint density at radius 3 is 2.81 bits per heavy atom. The van der Waals surface area contributed by atoms with E-state index in [0.29, 0.717) is 16.7 Å². The quantitative estimate of drug-likeness (QED) is 0.637. The average Bonchev–Trinajstić information content (AvgIpc) is 2.24. The summed E-state index contributed by atoms with van der Waals surface area (Å²) >= 11 is 1.95. The maximum absolute atomic E-state index is 13.4. The molecular formula is C11H14FIN2O. The Bertz CT molecular complexity index is 351. The van der Waals surface area contributed by atoms with Crippen LogP contribution in [0.4, 0.5) is 4.39 Å². The first kappa shape index (κ1) is 13.4. The third kappa shape index (κ3) is 3.71. The van der Waals surface area contributed by atoms with Gasteiger partial charge in [-0.1, -0.05) is 6.07 Å². The molecule has 88 valence electrons. The molecule has 5 heteroatoms. The molecule has 0 atom stereocenters. The van der Waals surface area contributed by atoms with Crippen molar-refractivity contribution in [2.75, 3.05) is 13.1 Å². The molecule has 0 saturated heterocycles. The predicted molar refractivity (Wildman–Crippen MR) is 69.7 cm³/mol. The van der Waals surface area contributed by atoms with Crippen LogP contribution in [0.15, 0.2) is 18.2 Å². The fraction of sp³-hybridized carbons (Fsp3) is 0.364. The summed E-state index contributed by atoms with van der Waals surface area (Å²) in [5.41, 5.74) is 5.45. The van der Waals surface area contributed by atoms with Gasteiger partial charge >= 0.3 is 0 Å². The van der Waals surface area contributed by atoms with Crippen molar-refractivity contribution in [1.29, 1.82) is 0 Å². The maximum atomic E-state index is 13.4. The molecule has 1 aromatic rings. The molecule has 0 saturated carbocycles. The van der Waals surface area contributed by atoms with E-state index in [4.69, 9.17) is 5.73 Å². The lowest BCUT2D eigenvalue weighted by atomic mass is 10.2. The van der Waals surface area contributed by atoms with Gasteiger partial charge in [0.1, 0.15) is 5.82 Å². The number of amides is 1. The van der Waals surface area contributed by atoms with E-state index < -0.39 is 5.82 Å². The average molecular weight is 336 g/mol. The van der Waals surface area contributed by atoms with Crippen LogP contribution in [0, 0.1) is 9.39 Å². The predicted octanol–water partition coefficient (Wildman–Crippen LogP) is 1.90. The minimum absolute atomic E-state index is 0.121. The van der Waals surface area contributed by atoms with Crippen LogP contribution in [0.2, 0.25) is 0 Å². The van der Waals surface area contributed by atoms with Crippen LogP contribution in [0.1, 0.15) is 23.2 Å². The Morgan fingerprint density at radius 2 is 2.19 bits per heavy atom. The summed E-state index contributed by atoms with van der Waals surface area (Å²) in [6, 6.07) is 4.58. The molecule has 0 aliphatic heterocycles. The summed E-state index contributed by atoms with van der Waals surface area (Å²) in [6.45, 7) is 1.13. The molecule has 0 aliphatic carbocycles.